The van der Waals surface area contributed by atoms with Gasteiger partial charge in [0.1, 0.15) is 4.90 Å². The molecule has 1 aliphatic rings. The Morgan fingerprint density at radius 2 is 1.96 bits per heavy atom. The molecule has 0 radical (unpaired) electrons. The highest BCUT2D eigenvalue weighted by Gasteiger charge is 2.25. The molecular formula is C16H24N2O4S. The average molecular weight is 340 g/mol. The Morgan fingerprint density at radius 1 is 1.30 bits per heavy atom. The third kappa shape index (κ3) is 4.23. The molecule has 2 rings (SSSR count). The maximum absolute atomic E-state index is 12.7. The molecule has 7 heteroatoms. The predicted molar refractivity (Wildman–Crippen MR) is 89.5 cm³/mol. The van der Waals surface area contributed by atoms with E-state index in [0.717, 1.165) is 32.4 Å². The van der Waals surface area contributed by atoms with Crippen LogP contribution in [0.3, 0.4) is 0 Å². The molecule has 6 nitrogen and oxygen atoms in total. The zero-order chi connectivity index (χ0) is 17.0. The summed E-state index contributed by atoms with van der Waals surface area (Å²) in [6.45, 7) is 5.27. The molecule has 1 aliphatic heterocycles. The first kappa shape index (κ1) is 17.7. The largest absolute Gasteiger partial charge is 0.478 e. The molecule has 1 unspecified atom stereocenters. The number of nitrogens with zero attached hydrogens (tertiary/aromatic N) is 1. The predicted octanol–water partition coefficient (Wildman–Crippen LogP) is 2.45. The number of carboxylic acid groups (broad SMARTS) is 1. The van der Waals surface area contributed by atoms with E-state index in [4.69, 9.17) is 0 Å². The van der Waals surface area contributed by atoms with Crippen LogP contribution in [-0.2, 0) is 10.0 Å². The van der Waals surface area contributed by atoms with Crippen LogP contribution < -0.4 is 9.62 Å². The van der Waals surface area contributed by atoms with Crippen molar-refractivity contribution in [2.75, 3.05) is 18.0 Å². The zero-order valence-electron chi connectivity index (χ0n) is 13.6. The topological polar surface area (TPSA) is 86.7 Å². The number of anilines is 1. The van der Waals surface area contributed by atoms with E-state index in [0.29, 0.717) is 12.1 Å². The molecular weight excluding hydrogens is 316 g/mol. The first-order valence-electron chi connectivity index (χ1n) is 7.99. The fraction of sp³-hybridized carbons (Fsp3) is 0.562. The SMILES string of the molecule is CCC(C)NS(=O)(=O)c1cc(C(=O)O)ccc1N1CCCCC1. The van der Waals surface area contributed by atoms with Crippen molar-refractivity contribution in [2.45, 2.75) is 50.5 Å². The van der Waals surface area contributed by atoms with Gasteiger partial charge < -0.3 is 10.0 Å². The number of piperidine rings is 1. The van der Waals surface area contributed by atoms with Gasteiger partial charge in [-0.3, -0.25) is 0 Å². The lowest BCUT2D eigenvalue weighted by Crippen LogP contribution is -2.35. The Morgan fingerprint density at radius 3 is 2.52 bits per heavy atom. The van der Waals surface area contributed by atoms with Crippen molar-refractivity contribution in [2.24, 2.45) is 0 Å². The average Bonchev–Trinajstić information content (AvgIpc) is 2.54. The summed E-state index contributed by atoms with van der Waals surface area (Å²) in [5.41, 5.74) is 0.570. The zero-order valence-corrected chi connectivity index (χ0v) is 14.4. The van der Waals surface area contributed by atoms with Crippen molar-refractivity contribution >= 4 is 21.7 Å². The molecule has 0 aromatic heterocycles. The summed E-state index contributed by atoms with van der Waals surface area (Å²) in [6, 6.07) is 4.13. The first-order valence-corrected chi connectivity index (χ1v) is 9.48. The number of benzene rings is 1. The highest BCUT2D eigenvalue weighted by molar-refractivity contribution is 7.89. The van der Waals surface area contributed by atoms with Gasteiger partial charge in [-0.15, -0.1) is 0 Å². The van der Waals surface area contributed by atoms with E-state index in [1.54, 1.807) is 13.0 Å². The van der Waals surface area contributed by atoms with Crippen molar-refractivity contribution in [3.8, 4) is 0 Å². The second-order valence-corrected chi connectivity index (χ2v) is 7.65. The van der Waals surface area contributed by atoms with E-state index in [1.165, 1.54) is 12.1 Å². The molecule has 0 aliphatic carbocycles. The standard InChI is InChI=1S/C16H24N2O4S/c1-3-12(2)17-23(21,22)15-11-13(16(19)20)7-8-14(15)18-9-5-4-6-10-18/h7-8,11-12,17H,3-6,9-10H2,1-2H3,(H,19,20). The minimum Gasteiger partial charge on any atom is -0.478 e. The van der Waals surface area contributed by atoms with Gasteiger partial charge in [0.05, 0.1) is 11.3 Å². The Hall–Kier alpha value is -1.60. The van der Waals surface area contributed by atoms with Gasteiger partial charge in [0.2, 0.25) is 10.0 Å². The van der Waals surface area contributed by atoms with Crippen LogP contribution >= 0.6 is 0 Å². The lowest BCUT2D eigenvalue weighted by molar-refractivity contribution is 0.0696. The van der Waals surface area contributed by atoms with Gasteiger partial charge in [-0.1, -0.05) is 6.92 Å². The van der Waals surface area contributed by atoms with Crippen LogP contribution in [0.2, 0.25) is 0 Å². The molecule has 23 heavy (non-hydrogen) atoms. The first-order chi connectivity index (χ1) is 10.8. The van der Waals surface area contributed by atoms with E-state index in [9.17, 15) is 18.3 Å². The van der Waals surface area contributed by atoms with Gasteiger partial charge in [0.15, 0.2) is 0 Å². The van der Waals surface area contributed by atoms with Crippen molar-refractivity contribution in [3.63, 3.8) is 0 Å². The minimum absolute atomic E-state index is 0.0183. The second-order valence-electron chi connectivity index (χ2n) is 5.97. The van der Waals surface area contributed by atoms with E-state index in [-0.39, 0.29) is 16.5 Å². The van der Waals surface area contributed by atoms with Gasteiger partial charge in [0, 0.05) is 19.1 Å². The van der Waals surface area contributed by atoms with Crippen LogP contribution in [0.25, 0.3) is 0 Å². The lowest BCUT2D eigenvalue weighted by atomic mass is 10.1. The van der Waals surface area contributed by atoms with Crippen molar-refractivity contribution in [3.05, 3.63) is 23.8 Å². The molecule has 1 heterocycles. The summed E-state index contributed by atoms with van der Waals surface area (Å²) >= 11 is 0. The van der Waals surface area contributed by atoms with Gasteiger partial charge >= 0.3 is 5.97 Å². The fourth-order valence-electron chi connectivity index (χ4n) is 2.67. The van der Waals surface area contributed by atoms with Crippen molar-refractivity contribution in [1.82, 2.24) is 4.72 Å². The second kappa shape index (κ2) is 7.31. The van der Waals surface area contributed by atoms with Crippen molar-refractivity contribution in [1.29, 1.82) is 0 Å². The third-order valence-corrected chi connectivity index (χ3v) is 5.78. The number of hydrogen-bond donors (Lipinski definition) is 2. The summed E-state index contributed by atoms with van der Waals surface area (Å²) in [4.78, 5) is 13.3. The maximum Gasteiger partial charge on any atom is 0.335 e. The molecule has 0 amide bonds. The van der Waals surface area contributed by atoms with Gasteiger partial charge in [-0.05, 0) is 50.8 Å². The Bertz CT molecular complexity index is 667. The van der Waals surface area contributed by atoms with Crippen LogP contribution in [-0.4, -0.2) is 38.6 Å². The summed E-state index contributed by atoms with van der Waals surface area (Å²) in [7, 11) is -3.76. The van der Waals surface area contributed by atoms with Crippen LogP contribution in [0.1, 0.15) is 49.9 Å². The Balaban J connectivity index is 2.48. The quantitative estimate of drug-likeness (QED) is 0.831. The smallest absolute Gasteiger partial charge is 0.335 e. The lowest BCUT2D eigenvalue weighted by Gasteiger charge is -2.30. The molecule has 1 saturated heterocycles. The van der Waals surface area contributed by atoms with E-state index < -0.39 is 16.0 Å². The molecule has 1 aromatic rings. The number of carboxylic acids is 1. The molecule has 0 saturated carbocycles. The molecule has 1 aromatic carbocycles. The summed E-state index contributed by atoms with van der Waals surface area (Å²) in [5.74, 6) is -1.13. The Kier molecular flexibility index (Phi) is 5.64. The van der Waals surface area contributed by atoms with Crippen LogP contribution in [0.5, 0.6) is 0 Å². The summed E-state index contributed by atoms with van der Waals surface area (Å²) in [6.07, 6.45) is 3.83. The number of nitrogens with one attached hydrogen (secondary N) is 1. The van der Waals surface area contributed by atoms with Crippen LogP contribution in [0.15, 0.2) is 23.1 Å². The number of hydrogen-bond acceptors (Lipinski definition) is 4. The summed E-state index contributed by atoms with van der Waals surface area (Å²) in [5, 5.41) is 9.18. The van der Waals surface area contributed by atoms with Crippen LogP contribution in [0, 0.1) is 0 Å². The van der Waals surface area contributed by atoms with Gasteiger partial charge in [-0.2, -0.15) is 0 Å². The minimum atomic E-state index is -3.76. The number of sulfonamides is 1. The van der Waals surface area contributed by atoms with E-state index >= 15 is 0 Å². The molecule has 0 spiro atoms. The number of rotatable bonds is 6. The molecule has 1 fully saturated rings. The highest BCUT2D eigenvalue weighted by Crippen LogP contribution is 2.29. The number of carbonyl (C=O) groups is 1. The normalized spacial score (nSPS) is 17.0. The van der Waals surface area contributed by atoms with Crippen molar-refractivity contribution < 1.29 is 18.3 Å². The highest BCUT2D eigenvalue weighted by atomic mass is 32.2. The fourth-order valence-corrected chi connectivity index (χ4v) is 4.25. The molecule has 0 bridgehead atoms. The Labute approximate surface area is 137 Å². The monoisotopic (exact) mass is 340 g/mol. The van der Waals surface area contributed by atoms with Gasteiger partial charge in [-0.25, -0.2) is 17.9 Å². The summed E-state index contributed by atoms with van der Waals surface area (Å²) < 4.78 is 28.0. The third-order valence-electron chi connectivity index (χ3n) is 4.16. The van der Waals surface area contributed by atoms with Gasteiger partial charge in [0.25, 0.3) is 0 Å². The maximum atomic E-state index is 12.7. The van der Waals surface area contributed by atoms with E-state index in [1.807, 2.05) is 11.8 Å². The molecule has 2 N–H and O–H groups in total. The van der Waals surface area contributed by atoms with E-state index in [2.05, 4.69) is 4.72 Å². The molecule has 1 atom stereocenters. The number of aromatic carboxylic acids is 1. The molecule has 128 valence electrons. The van der Waals surface area contributed by atoms with Crippen LogP contribution in [0.4, 0.5) is 5.69 Å².